The van der Waals surface area contributed by atoms with E-state index >= 15 is 0 Å². The molecule has 0 saturated heterocycles. The molecule has 0 aromatic heterocycles. The number of halogens is 1. The highest BCUT2D eigenvalue weighted by atomic mass is 79.9. The Labute approximate surface area is 97.0 Å². The van der Waals surface area contributed by atoms with E-state index in [1.54, 1.807) is 0 Å². The fourth-order valence-electron chi connectivity index (χ4n) is 0.998. The highest BCUT2D eigenvalue weighted by Crippen LogP contribution is 2.27. The Hall–Kier alpha value is 0.180. The maximum Gasteiger partial charge on any atom is 0.0507 e. The van der Waals surface area contributed by atoms with Gasteiger partial charge in [0, 0.05) is 5.33 Å². The van der Waals surface area contributed by atoms with Crippen molar-refractivity contribution in [2.24, 2.45) is 11.3 Å². The summed E-state index contributed by atoms with van der Waals surface area (Å²) in [4.78, 5) is 0. The van der Waals surface area contributed by atoms with Crippen LogP contribution in [0.25, 0.3) is 0 Å². The first kappa shape index (κ1) is 14.2. The second kappa shape index (κ2) is 6.62. The van der Waals surface area contributed by atoms with Gasteiger partial charge in [-0.1, -0.05) is 42.3 Å². The smallest absolute Gasteiger partial charge is 0.0507 e. The van der Waals surface area contributed by atoms with Gasteiger partial charge in [-0.2, -0.15) is 0 Å². The Morgan fingerprint density at radius 1 is 1.43 bits per heavy atom. The van der Waals surface area contributed by atoms with Crippen molar-refractivity contribution in [3.8, 4) is 0 Å². The molecule has 0 fully saturated rings. The van der Waals surface area contributed by atoms with E-state index in [-0.39, 0.29) is 0 Å². The normalized spacial score (nSPS) is 14.1. The minimum atomic E-state index is 0.312. The van der Waals surface area contributed by atoms with Gasteiger partial charge in [0.15, 0.2) is 0 Å². The molecule has 1 atom stereocenters. The van der Waals surface area contributed by atoms with Crippen LogP contribution >= 0.6 is 15.9 Å². The van der Waals surface area contributed by atoms with E-state index in [4.69, 9.17) is 4.74 Å². The van der Waals surface area contributed by atoms with Gasteiger partial charge >= 0.3 is 0 Å². The van der Waals surface area contributed by atoms with Gasteiger partial charge in [-0.05, 0) is 24.7 Å². The van der Waals surface area contributed by atoms with E-state index in [9.17, 15) is 0 Å². The van der Waals surface area contributed by atoms with Crippen molar-refractivity contribution < 1.29 is 4.74 Å². The average Bonchev–Trinajstić information content (AvgIpc) is 2.01. The topological polar surface area (TPSA) is 9.23 Å². The Bertz CT molecular complexity index is 170. The largest absolute Gasteiger partial charge is 0.381 e. The zero-order valence-corrected chi connectivity index (χ0v) is 11.5. The van der Waals surface area contributed by atoms with Crippen LogP contribution in [0.3, 0.4) is 0 Å². The van der Waals surface area contributed by atoms with Crippen molar-refractivity contribution in [3.05, 3.63) is 12.2 Å². The fraction of sp³-hybridized carbons (Fsp3) is 0.833. The van der Waals surface area contributed by atoms with Crippen molar-refractivity contribution in [2.45, 2.75) is 34.1 Å². The van der Waals surface area contributed by atoms with Crippen LogP contribution in [-0.4, -0.2) is 18.5 Å². The molecule has 0 aliphatic heterocycles. The van der Waals surface area contributed by atoms with Gasteiger partial charge in [-0.3, -0.25) is 0 Å². The number of hydrogen-bond acceptors (Lipinski definition) is 1. The first-order valence-corrected chi connectivity index (χ1v) is 6.28. The van der Waals surface area contributed by atoms with Crippen LogP contribution in [0.15, 0.2) is 12.2 Å². The van der Waals surface area contributed by atoms with Crippen molar-refractivity contribution in [1.29, 1.82) is 0 Å². The summed E-state index contributed by atoms with van der Waals surface area (Å²) in [6.45, 7) is 14.3. The zero-order chi connectivity index (χ0) is 11.2. The van der Waals surface area contributed by atoms with E-state index in [1.807, 2.05) is 6.92 Å². The predicted molar refractivity (Wildman–Crippen MR) is 67.0 cm³/mol. The Kier molecular flexibility index (Phi) is 6.71. The summed E-state index contributed by atoms with van der Waals surface area (Å²) < 4.78 is 5.63. The van der Waals surface area contributed by atoms with Crippen molar-refractivity contribution in [3.63, 3.8) is 0 Å². The van der Waals surface area contributed by atoms with Gasteiger partial charge < -0.3 is 4.74 Å². The third kappa shape index (κ3) is 6.61. The quantitative estimate of drug-likeness (QED) is 0.399. The van der Waals surface area contributed by atoms with E-state index in [0.29, 0.717) is 11.3 Å². The molecule has 0 radical (unpaired) electrons. The molecule has 84 valence electrons. The van der Waals surface area contributed by atoms with E-state index < -0.39 is 0 Å². The van der Waals surface area contributed by atoms with Crippen LogP contribution in [-0.2, 0) is 4.74 Å². The summed E-state index contributed by atoms with van der Waals surface area (Å²) in [7, 11) is 0. The minimum absolute atomic E-state index is 0.312. The predicted octanol–water partition coefficient (Wildman–Crippen LogP) is 4.03. The fourth-order valence-corrected chi connectivity index (χ4v) is 2.16. The summed E-state index contributed by atoms with van der Waals surface area (Å²) in [5.74, 6) is 0.577. The second-order valence-electron chi connectivity index (χ2n) is 5.00. The summed E-state index contributed by atoms with van der Waals surface area (Å²) in [6.07, 6.45) is 0.971. The summed E-state index contributed by atoms with van der Waals surface area (Å²) in [6, 6.07) is 0. The van der Waals surface area contributed by atoms with Crippen molar-refractivity contribution >= 4 is 15.9 Å². The summed E-state index contributed by atoms with van der Waals surface area (Å²) >= 11 is 3.54. The molecular weight excluding hydrogens is 240 g/mol. The Balaban J connectivity index is 3.69. The van der Waals surface area contributed by atoms with E-state index in [0.717, 1.165) is 25.0 Å². The molecule has 0 spiro atoms. The van der Waals surface area contributed by atoms with E-state index in [2.05, 4.69) is 43.3 Å². The van der Waals surface area contributed by atoms with Crippen LogP contribution < -0.4 is 0 Å². The number of rotatable bonds is 6. The maximum atomic E-state index is 5.63. The van der Waals surface area contributed by atoms with Crippen LogP contribution in [0.1, 0.15) is 34.1 Å². The lowest BCUT2D eigenvalue weighted by Gasteiger charge is -2.28. The summed E-state index contributed by atoms with van der Waals surface area (Å²) in [5.41, 5.74) is 1.50. The summed E-state index contributed by atoms with van der Waals surface area (Å²) in [5, 5.41) is 1.00. The van der Waals surface area contributed by atoms with Gasteiger partial charge in [-0.15, -0.1) is 6.58 Å². The highest BCUT2D eigenvalue weighted by Gasteiger charge is 2.23. The van der Waals surface area contributed by atoms with E-state index in [1.165, 1.54) is 5.57 Å². The Morgan fingerprint density at radius 2 is 2.00 bits per heavy atom. The highest BCUT2D eigenvalue weighted by molar-refractivity contribution is 9.09. The van der Waals surface area contributed by atoms with Gasteiger partial charge in [-0.25, -0.2) is 0 Å². The van der Waals surface area contributed by atoms with Crippen LogP contribution in [0, 0.1) is 11.3 Å². The first-order valence-electron chi connectivity index (χ1n) is 5.16. The molecule has 2 heteroatoms. The van der Waals surface area contributed by atoms with Crippen molar-refractivity contribution in [1.82, 2.24) is 0 Å². The lowest BCUT2D eigenvalue weighted by atomic mass is 9.83. The van der Waals surface area contributed by atoms with Gasteiger partial charge in [0.25, 0.3) is 0 Å². The van der Waals surface area contributed by atoms with Crippen LogP contribution in [0.5, 0.6) is 0 Å². The van der Waals surface area contributed by atoms with Crippen LogP contribution in [0.4, 0.5) is 0 Å². The maximum absolute atomic E-state index is 5.63. The molecule has 0 aromatic carbocycles. The molecule has 0 amide bonds. The lowest BCUT2D eigenvalue weighted by Crippen LogP contribution is -2.26. The SMILES string of the molecule is C=C(C)CCOCC(CBr)C(C)(C)C. The first-order chi connectivity index (χ1) is 6.38. The number of hydrogen-bond donors (Lipinski definition) is 0. The van der Waals surface area contributed by atoms with Crippen molar-refractivity contribution in [2.75, 3.05) is 18.5 Å². The standard InChI is InChI=1S/C12H23BrO/c1-10(2)6-7-14-9-11(8-13)12(3,4)5/h11H,1,6-9H2,2-5H3. The zero-order valence-electron chi connectivity index (χ0n) is 9.90. The van der Waals surface area contributed by atoms with Gasteiger partial charge in [0.1, 0.15) is 0 Å². The van der Waals surface area contributed by atoms with Crippen LogP contribution in [0.2, 0.25) is 0 Å². The molecule has 0 heterocycles. The second-order valence-corrected chi connectivity index (χ2v) is 5.65. The number of ether oxygens (including phenoxy) is 1. The average molecular weight is 263 g/mol. The molecule has 0 N–H and O–H groups in total. The molecular formula is C12H23BrO. The molecule has 0 saturated carbocycles. The molecule has 1 unspecified atom stereocenters. The third-order valence-corrected chi connectivity index (χ3v) is 3.18. The number of alkyl halides is 1. The molecule has 0 aliphatic carbocycles. The molecule has 14 heavy (non-hydrogen) atoms. The molecule has 0 aliphatic rings. The molecule has 0 bridgehead atoms. The lowest BCUT2D eigenvalue weighted by molar-refractivity contribution is 0.0685. The van der Waals surface area contributed by atoms with Gasteiger partial charge in [0.05, 0.1) is 13.2 Å². The molecule has 0 rings (SSSR count). The minimum Gasteiger partial charge on any atom is -0.381 e. The Morgan fingerprint density at radius 3 is 2.36 bits per heavy atom. The molecule has 0 aromatic rings. The monoisotopic (exact) mass is 262 g/mol. The molecule has 1 nitrogen and oxygen atoms in total. The third-order valence-electron chi connectivity index (χ3n) is 2.40. The van der Waals surface area contributed by atoms with Gasteiger partial charge in [0.2, 0.25) is 0 Å².